The van der Waals surface area contributed by atoms with Crippen molar-refractivity contribution in [3.8, 4) is 0 Å². The lowest BCUT2D eigenvalue weighted by Gasteiger charge is -2.35. The standard InChI is InChI=1S/C12H24N2O3/c1-3-17-9-4-12(16)14-7-5-13(6-8-14)10-11(2)15/h11,15H,3-10H2,1-2H3/t11-/m0/s1. The fourth-order valence-corrected chi connectivity index (χ4v) is 2.02. The molecule has 1 N–H and O–H groups in total. The van der Waals surface area contributed by atoms with Crippen LogP contribution in [0.15, 0.2) is 0 Å². The zero-order chi connectivity index (χ0) is 12.7. The molecule has 0 aliphatic carbocycles. The molecule has 0 aromatic heterocycles. The first-order chi connectivity index (χ1) is 8.13. The Bertz CT molecular complexity index is 226. The monoisotopic (exact) mass is 244 g/mol. The Balaban J connectivity index is 2.19. The van der Waals surface area contributed by atoms with Crippen molar-refractivity contribution in [3.05, 3.63) is 0 Å². The topological polar surface area (TPSA) is 53.0 Å². The van der Waals surface area contributed by atoms with Crippen LogP contribution in [-0.4, -0.2) is 72.9 Å². The first-order valence-electron chi connectivity index (χ1n) is 6.39. The Kier molecular flexibility index (Phi) is 6.47. The number of ether oxygens (including phenoxy) is 1. The summed E-state index contributed by atoms with van der Waals surface area (Å²) in [5, 5.41) is 9.28. The van der Waals surface area contributed by atoms with Gasteiger partial charge in [-0.2, -0.15) is 0 Å². The van der Waals surface area contributed by atoms with Gasteiger partial charge in [-0.3, -0.25) is 9.69 Å². The minimum absolute atomic E-state index is 0.176. The van der Waals surface area contributed by atoms with Crippen molar-refractivity contribution in [2.75, 3.05) is 45.9 Å². The number of carbonyl (C=O) groups is 1. The van der Waals surface area contributed by atoms with Gasteiger partial charge in [0.05, 0.1) is 19.1 Å². The van der Waals surface area contributed by atoms with Gasteiger partial charge in [0.1, 0.15) is 0 Å². The number of piperazine rings is 1. The Morgan fingerprint density at radius 2 is 2.00 bits per heavy atom. The number of aliphatic hydroxyl groups excluding tert-OH is 1. The van der Waals surface area contributed by atoms with Crippen molar-refractivity contribution in [1.82, 2.24) is 9.80 Å². The van der Waals surface area contributed by atoms with Gasteiger partial charge in [0, 0.05) is 39.3 Å². The second-order valence-corrected chi connectivity index (χ2v) is 4.48. The zero-order valence-electron chi connectivity index (χ0n) is 10.9. The van der Waals surface area contributed by atoms with Crippen molar-refractivity contribution in [3.63, 3.8) is 0 Å². The van der Waals surface area contributed by atoms with E-state index in [1.165, 1.54) is 0 Å². The van der Waals surface area contributed by atoms with Gasteiger partial charge in [0.2, 0.25) is 5.91 Å². The number of β-amino-alcohol motifs (C(OH)–C–C–N with tert-alkyl or cyclic N) is 1. The molecule has 1 heterocycles. The molecule has 0 aromatic rings. The van der Waals surface area contributed by atoms with Crippen LogP contribution in [0.25, 0.3) is 0 Å². The largest absolute Gasteiger partial charge is 0.392 e. The van der Waals surface area contributed by atoms with Crippen molar-refractivity contribution < 1.29 is 14.6 Å². The van der Waals surface area contributed by atoms with Crippen LogP contribution in [-0.2, 0) is 9.53 Å². The Morgan fingerprint density at radius 1 is 1.35 bits per heavy atom. The van der Waals surface area contributed by atoms with E-state index in [0.29, 0.717) is 26.2 Å². The van der Waals surface area contributed by atoms with Gasteiger partial charge in [0.25, 0.3) is 0 Å². The van der Waals surface area contributed by atoms with E-state index in [0.717, 1.165) is 26.2 Å². The van der Waals surface area contributed by atoms with Crippen LogP contribution in [0.4, 0.5) is 0 Å². The molecule has 1 fully saturated rings. The van der Waals surface area contributed by atoms with Crippen LogP contribution < -0.4 is 0 Å². The molecule has 0 radical (unpaired) electrons. The summed E-state index contributed by atoms with van der Waals surface area (Å²) in [6.07, 6.45) is 0.180. The molecule has 1 aliphatic heterocycles. The molecule has 100 valence electrons. The number of aliphatic hydroxyl groups is 1. The number of rotatable bonds is 6. The molecule has 1 amide bonds. The van der Waals surface area contributed by atoms with E-state index < -0.39 is 0 Å². The van der Waals surface area contributed by atoms with E-state index in [2.05, 4.69) is 4.90 Å². The molecule has 0 unspecified atom stereocenters. The van der Waals surface area contributed by atoms with Gasteiger partial charge in [-0.1, -0.05) is 0 Å². The highest BCUT2D eigenvalue weighted by Crippen LogP contribution is 2.04. The maximum absolute atomic E-state index is 11.8. The third-order valence-corrected chi connectivity index (χ3v) is 2.91. The summed E-state index contributed by atoms with van der Waals surface area (Å²) in [6.45, 7) is 8.82. The molecule has 0 bridgehead atoms. The Morgan fingerprint density at radius 3 is 2.53 bits per heavy atom. The lowest BCUT2D eigenvalue weighted by Crippen LogP contribution is -2.50. The fraction of sp³-hybridized carbons (Fsp3) is 0.917. The zero-order valence-corrected chi connectivity index (χ0v) is 10.9. The summed E-state index contributed by atoms with van der Waals surface area (Å²) in [7, 11) is 0. The Hall–Kier alpha value is -0.650. The lowest BCUT2D eigenvalue weighted by molar-refractivity contribution is -0.134. The average molecular weight is 244 g/mol. The number of carbonyl (C=O) groups excluding carboxylic acids is 1. The summed E-state index contributed by atoms with van der Waals surface area (Å²) in [4.78, 5) is 15.9. The summed E-state index contributed by atoms with van der Waals surface area (Å²) < 4.78 is 5.18. The Labute approximate surface area is 103 Å². The molecule has 0 aromatic carbocycles. The molecular formula is C12H24N2O3. The van der Waals surface area contributed by atoms with Gasteiger partial charge < -0.3 is 14.7 Å². The normalized spacial score (nSPS) is 19.4. The van der Waals surface area contributed by atoms with E-state index in [1.54, 1.807) is 6.92 Å². The first-order valence-corrected chi connectivity index (χ1v) is 6.39. The first kappa shape index (κ1) is 14.4. The maximum Gasteiger partial charge on any atom is 0.224 e. The molecule has 0 saturated carbocycles. The highest BCUT2D eigenvalue weighted by molar-refractivity contribution is 5.76. The van der Waals surface area contributed by atoms with Crippen molar-refractivity contribution in [1.29, 1.82) is 0 Å². The fourth-order valence-electron chi connectivity index (χ4n) is 2.02. The van der Waals surface area contributed by atoms with E-state index in [-0.39, 0.29) is 12.0 Å². The van der Waals surface area contributed by atoms with Gasteiger partial charge >= 0.3 is 0 Å². The van der Waals surface area contributed by atoms with E-state index in [1.807, 2.05) is 11.8 Å². The highest BCUT2D eigenvalue weighted by atomic mass is 16.5. The van der Waals surface area contributed by atoms with Crippen molar-refractivity contribution in [2.45, 2.75) is 26.4 Å². The molecule has 1 aliphatic rings. The van der Waals surface area contributed by atoms with Crippen LogP contribution in [0, 0.1) is 0 Å². The van der Waals surface area contributed by atoms with Gasteiger partial charge in [-0.05, 0) is 13.8 Å². The second-order valence-electron chi connectivity index (χ2n) is 4.48. The van der Waals surface area contributed by atoms with E-state index >= 15 is 0 Å². The van der Waals surface area contributed by atoms with Crippen LogP contribution in [0.3, 0.4) is 0 Å². The number of amides is 1. The van der Waals surface area contributed by atoms with E-state index in [4.69, 9.17) is 4.74 Å². The minimum atomic E-state index is -0.296. The summed E-state index contributed by atoms with van der Waals surface area (Å²) in [5.41, 5.74) is 0. The predicted octanol–water partition coefficient (Wildman–Crippen LogP) is -0.0620. The molecule has 5 nitrogen and oxygen atoms in total. The minimum Gasteiger partial charge on any atom is -0.392 e. The molecule has 1 saturated heterocycles. The molecule has 17 heavy (non-hydrogen) atoms. The van der Waals surface area contributed by atoms with Crippen molar-refractivity contribution >= 4 is 5.91 Å². The predicted molar refractivity (Wildman–Crippen MR) is 65.8 cm³/mol. The summed E-state index contributed by atoms with van der Waals surface area (Å²) in [6, 6.07) is 0. The summed E-state index contributed by atoms with van der Waals surface area (Å²) in [5.74, 6) is 0.176. The van der Waals surface area contributed by atoms with Gasteiger partial charge in [-0.15, -0.1) is 0 Å². The molecular weight excluding hydrogens is 220 g/mol. The van der Waals surface area contributed by atoms with Crippen LogP contribution in [0.2, 0.25) is 0 Å². The van der Waals surface area contributed by atoms with Crippen LogP contribution in [0.5, 0.6) is 0 Å². The van der Waals surface area contributed by atoms with E-state index in [9.17, 15) is 9.90 Å². The molecule has 0 spiro atoms. The number of nitrogens with zero attached hydrogens (tertiary/aromatic N) is 2. The van der Waals surface area contributed by atoms with Crippen LogP contribution in [0.1, 0.15) is 20.3 Å². The maximum atomic E-state index is 11.8. The van der Waals surface area contributed by atoms with Gasteiger partial charge in [-0.25, -0.2) is 0 Å². The molecule has 1 atom stereocenters. The van der Waals surface area contributed by atoms with Crippen LogP contribution >= 0.6 is 0 Å². The van der Waals surface area contributed by atoms with Gasteiger partial charge in [0.15, 0.2) is 0 Å². The molecule has 1 rings (SSSR count). The van der Waals surface area contributed by atoms with Crippen molar-refractivity contribution in [2.24, 2.45) is 0 Å². The average Bonchev–Trinajstić information content (AvgIpc) is 2.29. The smallest absolute Gasteiger partial charge is 0.224 e. The second kappa shape index (κ2) is 7.63. The highest BCUT2D eigenvalue weighted by Gasteiger charge is 2.21. The number of hydrogen-bond donors (Lipinski definition) is 1. The third kappa shape index (κ3) is 5.48. The summed E-state index contributed by atoms with van der Waals surface area (Å²) >= 11 is 0. The quantitative estimate of drug-likeness (QED) is 0.665. The SMILES string of the molecule is CCOCCC(=O)N1CCN(C[C@H](C)O)CC1. The lowest BCUT2D eigenvalue weighted by atomic mass is 10.2. The number of hydrogen-bond acceptors (Lipinski definition) is 4. The molecule has 5 heteroatoms. The third-order valence-electron chi connectivity index (χ3n) is 2.91.